The lowest BCUT2D eigenvalue weighted by molar-refractivity contribution is -0.119. The molecular weight excluding hydrogens is 336 g/mol. The number of hydrogen-bond donors (Lipinski definition) is 2. The second-order valence-corrected chi connectivity index (χ2v) is 5.47. The normalized spacial score (nSPS) is 10.3. The number of nitrogens with one attached hydrogen (secondary N) is 2. The first kappa shape index (κ1) is 17.2. The van der Waals surface area contributed by atoms with E-state index in [9.17, 15) is 14.4 Å². The predicted molar refractivity (Wildman–Crippen MR) is 95.0 cm³/mol. The topological polar surface area (TPSA) is 97.5 Å². The van der Waals surface area contributed by atoms with Gasteiger partial charge < -0.3 is 19.8 Å². The van der Waals surface area contributed by atoms with Crippen molar-refractivity contribution in [3.8, 4) is 0 Å². The molecule has 3 aromatic rings. The van der Waals surface area contributed by atoms with E-state index in [1.165, 1.54) is 13.2 Å². The van der Waals surface area contributed by atoms with Crippen LogP contribution in [0.5, 0.6) is 0 Å². The number of aromatic nitrogens is 1. The molecule has 0 aliphatic carbocycles. The van der Waals surface area contributed by atoms with Crippen LogP contribution in [0.4, 0.5) is 5.69 Å². The number of H-pyrrole nitrogens is 1. The number of benzene rings is 2. The van der Waals surface area contributed by atoms with Crippen molar-refractivity contribution in [2.24, 2.45) is 0 Å². The number of carbonyl (C=O) groups is 3. The summed E-state index contributed by atoms with van der Waals surface area (Å²) in [4.78, 5) is 38.4. The highest BCUT2D eigenvalue weighted by atomic mass is 16.5. The van der Waals surface area contributed by atoms with E-state index in [0.29, 0.717) is 11.3 Å². The van der Waals surface area contributed by atoms with Crippen molar-refractivity contribution in [2.75, 3.05) is 19.0 Å². The van der Waals surface area contributed by atoms with Crippen molar-refractivity contribution in [1.82, 2.24) is 4.98 Å². The number of anilines is 1. The molecule has 1 heterocycles. The molecule has 0 aliphatic rings. The molecule has 1 amide bonds. The van der Waals surface area contributed by atoms with E-state index in [2.05, 4.69) is 15.0 Å². The highest BCUT2D eigenvalue weighted by Crippen LogP contribution is 2.15. The van der Waals surface area contributed by atoms with E-state index in [4.69, 9.17) is 4.74 Å². The van der Waals surface area contributed by atoms with Gasteiger partial charge in [-0.2, -0.15) is 0 Å². The summed E-state index contributed by atoms with van der Waals surface area (Å²) in [7, 11) is 1.27. The predicted octanol–water partition coefficient (Wildman–Crippen LogP) is 2.75. The molecule has 0 saturated carbocycles. The maximum Gasteiger partial charge on any atom is 0.355 e. The highest BCUT2D eigenvalue weighted by molar-refractivity contribution is 5.98. The minimum absolute atomic E-state index is 0.270. The third-order valence-electron chi connectivity index (χ3n) is 3.65. The smallest absolute Gasteiger partial charge is 0.355 e. The van der Waals surface area contributed by atoms with Gasteiger partial charge in [0, 0.05) is 16.6 Å². The summed E-state index contributed by atoms with van der Waals surface area (Å²) in [5, 5.41) is 3.44. The van der Waals surface area contributed by atoms with Gasteiger partial charge in [0.25, 0.3) is 5.91 Å². The van der Waals surface area contributed by atoms with Gasteiger partial charge in [-0.3, -0.25) is 4.79 Å². The molecule has 7 heteroatoms. The van der Waals surface area contributed by atoms with Crippen LogP contribution < -0.4 is 5.32 Å². The van der Waals surface area contributed by atoms with E-state index in [-0.39, 0.29) is 5.69 Å². The van der Waals surface area contributed by atoms with E-state index < -0.39 is 24.5 Å². The van der Waals surface area contributed by atoms with Crippen LogP contribution in [0.2, 0.25) is 0 Å². The molecule has 0 atom stereocenters. The molecule has 1 aromatic heterocycles. The second kappa shape index (κ2) is 7.52. The van der Waals surface area contributed by atoms with Crippen LogP contribution in [0.3, 0.4) is 0 Å². The quantitative estimate of drug-likeness (QED) is 0.688. The third kappa shape index (κ3) is 3.89. The van der Waals surface area contributed by atoms with E-state index in [1.807, 2.05) is 24.3 Å². The minimum atomic E-state index is -0.625. The van der Waals surface area contributed by atoms with Gasteiger partial charge in [0.15, 0.2) is 6.61 Å². The Morgan fingerprint density at radius 3 is 2.58 bits per heavy atom. The number of rotatable bonds is 5. The number of hydrogen-bond acceptors (Lipinski definition) is 5. The average molecular weight is 352 g/mol. The highest BCUT2D eigenvalue weighted by Gasteiger charge is 2.13. The lowest BCUT2D eigenvalue weighted by atomic mass is 10.2. The molecular formula is C19H16N2O5. The molecule has 2 aromatic carbocycles. The SMILES string of the molecule is COC(=O)c1cccc(NC(=O)COC(=O)c2cc3ccccc3[nH]2)c1. The first-order chi connectivity index (χ1) is 12.6. The first-order valence-electron chi connectivity index (χ1n) is 7.80. The zero-order valence-corrected chi connectivity index (χ0v) is 13.9. The van der Waals surface area contributed by atoms with Gasteiger partial charge in [0.1, 0.15) is 5.69 Å². The summed E-state index contributed by atoms with van der Waals surface area (Å²) >= 11 is 0. The van der Waals surface area contributed by atoms with E-state index in [0.717, 1.165) is 10.9 Å². The summed E-state index contributed by atoms with van der Waals surface area (Å²) in [5.41, 5.74) is 1.79. The number of ether oxygens (including phenoxy) is 2. The van der Waals surface area contributed by atoms with Gasteiger partial charge in [-0.15, -0.1) is 0 Å². The fourth-order valence-electron chi connectivity index (χ4n) is 2.43. The molecule has 0 bridgehead atoms. The Morgan fingerprint density at radius 2 is 1.81 bits per heavy atom. The number of methoxy groups -OCH3 is 1. The van der Waals surface area contributed by atoms with Crippen molar-refractivity contribution in [3.63, 3.8) is 0 Å². The Hall–Kier alpha value is -3.61. The number of esters is 2. The number of aromatic amines is 1. The number of para-hydroxylation sites is 1. The lowest BCUT2D eigenvalue weighted by Crippen LogP contribution is -2.21. The molecule has 3 rings (SSSR count). The number of fused-ring (bicyclic) bond motifs is 1. The Morgan fingerprint density at radius 1 is 1.00 bits per heavy atom. The van der Waals surface area contributed by atoms with Crippen molar-refractivity contribution in [1.29, 1.82) is 0 Å². The Bertz CT molecular complexity index is 944. The molecule has 0 radical (unpaired) electrons. The summed E-state index contributed by atoms with van der Waals surface area (Å²) in [5.74, 6) is -1.65. The molecule has 0 saturated heterocycles. The Labute approximate surface area is 148 Å². The molecule has 0 aliphatic heterocycles. The van der Waals surface area contributed by atoms with E-state index >= 15 is 0 Å². The van der Waals surface area contributed by atoms with Crippen molar-refractivity contribution in [2.45, 2.75) is 0 Å². The van der Waals surface area contributed by atoms with Crippen LogP contribution in [-0.4, -0.2) is 36.5 Å². The summed E-state index contributed by atoms with van der Waals surface area (Å²) in [6.07, 6.45) is 0. The standard InChI is InChI=1S/C19H16N2O5/c1-25-18(23)13-6-4-7-14(9-13)20-17(22)11-26-19(24)16-10-12-5-2-3-8-15(12)21-16/h2-10,21H,11H2,1H3,(H,20,22). The minimum Gasteiger partial charge on any atom is -0.465 e. The van der Waals surface area contributed by atoms with Gasteiger partial charge in [0.05, 0.1) is 12.7 Å². The maximum absolute atomic E-state index is 12.1. The second-order valence-electron chi connectivity index (χ2n) is 5.47. The van der Waals surface area contributed by atoms with Crippen LogP contribution in [0.15, 0.2) is 54.6 Å². The van der Waals surface area contributed by atoms with Gasteiger partial charge >= 0.3 is 11.9 Å². The molecule has 2 N–H and O–H groups in total. The molecule has 0 unspecified atom stereocenters. The third-order valence-corrected chi connectivity index (χ3v) is 3.65. The lowest BCUT2D eigenvalue weighted by Gasteiger charge is -2.07. The fraction of sp³-hybridized carbons (Fsp3) is 0.105. The van der Waals surface area contributed by atoms with Crippen molar-refractivity contribution in [3.05, 3.63) is 65.9 Å². The molecule has 26 heavy (non-hydrogen) atoms. The Kier molecular flexibility index (Phi) is 4.98. The first-order valence-corrected chi connectivity index (χ1v) is 7.80. The molecule has 0 spiro atoms. The van der Waals surface area contributed by atoms with Crippen molar-refractivity contribution < 1.29 is 23.9 Å². The van der Waals surface area contributed by atoms with Crippen molar-refractivity contribution >= 4 is 34.4 Å². The summed E-state index contributed by atoms with van der Waals surface area (Å²) in [6, 6.07) is 15.3. The van der Waals surface area contributed by atoms with Crippen LogP contribution >= 0.6 is 0 Å². The number of carbonyl (C=O) groups excluding carboxylic acids is 3. The monoisotopic (exact) mass is 352 g/mol. The van der Waals surface area contributed by atoms with Gasteiger partial charge in [-0.1, -0.05) is 24.3 Å². The average Bonchev–Trinajstić information content (AvgIpc) is 3.10. The largest absolute Gasteiger partial charge is 0.465 e. The Balaban J connectivity index is 1.58. The molecule has 132 valence electrons. The van der Waals surface area contributed by atoms with Gasteiger partial charge in [-0.05, 0) is 30.3 Å². The zero-order chi connectivity index (χ0) is 18.5. The molecule has 7 nitrogen and oxygen atoms in total. The number of amides is 1. The van der Waals surface area contributed by atoms with Gasteiger partial charge in [0.2, 0.25) is 0 Å². The molecule has 0 fully saturated rings. The van der Waals surface area contributed by atoms with E-state index in [1.54, 1.807) is 24.3 Å². The van der Waals surface area contributed by atoms with Gasteiger partial charge in [-0.25, -0.2) is 9.59 Å². The maximum atomic E-state index is 12.1. The summed E-state index contributed by atoms with van der Waals surface area (Å²) < 4.78 is 9.64. The van der Waals surface area contributed by atoms with Crippen LogP contribution in [0, 0.1) is 0 Å². The summed E-state index contributed by atoms with van der Waals surface area (Å²) in [6.45, 7) is -0.448. The fourth-order valence-corrected chi connectivity index (χ4v) is 2.43. The van der Waals surface area contributed by atoms with Crippen LogP contribution in [-0.2, 0) is 14.3 Å². The zero-order valence-electron chi connectivity index (χ0n) is 13.9. The van der Waals surface area contributed by atoms with Crippen LogP contribution in [0.25, 0.3) is 10.9 Å². The van der Waals surface area contributed by atoms with Crippen LogP contribution in [0.1, 0.15) is 20.8 Å².